The second-order valence-corrected chi connectivity index (χ2v) is 8.10. The monoisotopic (exact) mass is 432 g/mol. The van der Waals surface area contributed by atoms with E-state index in [2.05, 4.69) is 38.1 Å². The fourth-order valence-electron chi connectivity index (χ4n) is 4.06. The minimum Gasteiger partial charge on any atom is -0.306 e. The fourth-order valence-corrected chi connectivity index (χ4v) is 4.06. The normalized spacial score (nSPS) is 10.5. The van der Waals surface area contributed by atoms with E-state index < -0.39 is 0 Å². The molecule has 0 saturated carbocycles. The molecular formula is C30H28N2O. The molecule has 0 aliphatic carbocycles. The Balaban J connectivity index is 1.70. The third-order valence-electron chi connectivity index (χ3n) is 5.66. The van der Waals surface area contributed by atoms with Crippen LogP contribution in [0.1, 0.15) is 27.8 Å². The number of aryl methyl sites for hydroxylation is 2. The van der Waals surface area contributed by atoms with Gasteiger partial charge in [-0.2, -0.15) is 0 Å². The number of carbonyl (C=O) groups is 1. The number of benzene rings is 4. The number of anilines is 1. The molecule has 164 valence electrons. The first-order valence-electron chi connectivity index (χ1n) is 11.2. The van der Waals surface area contributed by atoms with E-state index in [1.54, 1.807) is 0 Å². The molecule has 0 heterocycles. The molecule has 0 radical (unpaired) electrons. The van der Waals surface area contributed by atoms with Crippen molar-refractivity contribution in [2.24, 2.45) is 4.99 Å². The van der Waals surface area contributed by atoms with Gasteiger partial charge in [-0.3, -0.25) is 9.79 Å². The highest BCUT2D eigenvalue weighted by atomic mass is 16.2. The van der Waals surface area contributed by atoms with Gasteiger partial charge in [0.25, 0.3) is 0 Å². The lowest BCUT2D eigenvalue weighted by molar-refractivity contribution is -0.117. The van der Waals surface area contributed by atoms with Crippen LogP contribution in [0.2, 0.25) is 0 Å². The van der Waals surface area contributed by atoms with Crippen LogP contribution < -0.4 is 4.90 Å². The van der Waals surface area contributed by atoms with Crippen LogP contribution in [-0.2, 0) is 11.3 Å². The van der Waals surface area contributed by atoms with Crippen molar-refractivity contribution in [1.82, 2.24) is 0 Å². The first kappa shape index (κ1) is 22.2. The van der Waals surface area contributed by atoms with E-state index in [1.807, 2.05) is 89.8 Å². The maximum atomic E-state index is 13.6. The molecule has 0 aliphatic rings. The molecule has 0 N–H and O–H groups in total. The van der Waals surface area contributed by atoms with Gasteiger partial charge in [0.15, 0.2) is 0 Å². The summed E-state index contributed by atoms with van der Waals surface area (Å²) in [6.45, 7) is 4.68. The minimum atomic E-state index is -0.0272. The van der Waals surface area contributed by atoms with E-state index in [4.69, 9.17) is 4.99 Å². The van der Waals surface area contributed by atoms with Gasteiger partial charge in [-0.25, -0.2) is 0 Å². The number of hydrogen-bond donors (Lipinski definition) is 0. The Morgan fingerprint density at radius 1 is 0.667 bits per heavy atom. The maximum absolute atomic E-state index is 13.6. The van der Waals surface area contributed by atoms with Crippen LogP contribution in [0.4, 0.5) is 5.69 Å². The first-order valence-corrected chi connectivity index (χ1v) is 11.2. The second kappa shape index (κ2) is 10.6. The Morgan fingerprint density at radius 2 is 1.15 bits per heavy atom. The molecule has 0 spiro atoms. The molecule has 3 nitrogen and oxygen atoms in total. The van der Waals surface area contributed by atoms with E-state index in [-0.39, 0.29) is 12.5 Å². The number of hydrogen-bond acceptors (Lipinski definition) is 2. The lowest BCUT2D eigenvalue weighted by atomic mass is 10.0. The van der Waals surface area contributed by atoms with Gasteiger partial charge < -0.3 is 4.90 Å². The van der Waals surface area contributed by atoms with Gasteiger partial charge in [-0.15, -0.1) is 0 Å². The molecule has 0 aromatic heterocycles. The van der Waals surface area contributed by atoms with Crippen molar-refractivity contribution in [2.45, 2.75) is 20.4 Å². The Labute approximate surface area is 196 Å². The summed E-state index contributed by atoms with van der Waals surface area (Å²) >= 11 is 0. The highest BCUT2D eigenvalue weighted by molar-refractivity contribution is 6.13. The summed E-state index contributed by atoms with van der Waals surface area (Å²) in [5.41, 5.74) is 7.03. The van der Waals surface area contributed by atoms with Crippen molar-refractivity contribution >= 4 is 17.3 Å². The molecular weight excluding hydrogens is 404 g/mol. The van der Waals surface area contributed by atoms with Crippen molar-refractivity contribution < 1.29 is 4.79 Å². The highest BCUT2D eigenvalue weighted by Gasteiger charge is 2.20. The zero-order valence-electron chi connectivity index (χ0n) is 19.1. The topological polar surface area (TPSA) is 32.7 Å². The van der Waals surface area contributed by atoms with Gasteiger partial charge in [-0.1, -0.05) is 109 Å². The molecule has 0 saturated heterocycles. The lowest BCUT2D eigenvalue weighted by Crippen LogP contribution is -2.33. The van der Waals surface area contributed by atoms with Crippen molar-refractivity contribution in [1.29, 1.82) is 0 Å². The second-order valence-electron chi connectivity index (χ2n) is 8.10. The summed E-state index contributed by atoms with van der Waals surface area (Å²) in [5.74, 6) is -0.0272. The third-order valence-corrected chi connectivity index (χ3v) is 5.66. The number of para-hydroxylation sites is 1. The van der Waals surface area contributed by atoms with Crippen molar-refractivity contribution in [3.63, 3.8) is 0 Å². The van der Waals surface area contributed by atoms with E-state index in [0.717, 1.165) is 39.2 Å². The average molecular weight is 433 g/mol. The van der Waals surface area contributed by atoms with Crippen LogP contribution in [0.5, 0.6) is 0 Å². The predicted molar refractivity (Wildman–Crippen MR) is 137 cm³/mol. The number of nitrogens with zero attached hydrogens (tertiary/aromatic N) is 2. The van der Waals surface area contributed by atoms with Gasteiger partial charge in [0.05, 0.1) is 12.3 Å². The molecule has 3 heteroatoms. The molecule has 0 fully saturated rings. The number of rotatable bonds is 7. The van der Waals surface area contributed by atoms with E-state index in [9.17, 15) is 4.79 Å². The molecule has 0 atom stereocenters. The Bertz CT molecular complexity index is 1170. The smallest absolute Gasteiger partial charge is 0.248 e. The molecule has 0 unspecified atom stereocenters. The van der Waals surface area contributed by atoms with Gasteiger partial charge in [0, 0.05) is 16.8 Å². The Kier molecular flexibility index (Phi) is 7.11. The van der Waals surface area contributed by atoms with Gasteiger partial charge in [0.2, 0.25) is 5.91 Å². The summed E-state index contributed by atoms with van der Waals surface area (Å²) in [4.78, 5) is 20.3. The summed E-state index contributed by atoms with van der Waals surface area (Å²) in [7, 11) is 0. The molecule has 0 aliphatic heterocycles. The van der Waals surface area contributed by atoms with Crippen molar-refractivity contribution in [2.75, 3.05) is 11.4 Å². The molecule has 0 bridgehead atoms. The molecule has 4 aromatic carbocycles. The summed E-state index contributed by atoms with van der Waals surface area (Å²) < 4.78 is 0. The van der Waals surface area contributed by atoms with Gasteiger partial charge >= 0.3 is 0 Å². The quantitative estimate of drug-likeness (QED) is 0.312. The largest absolute Gasteiger partial charge is 0.306 e. The SMILES string of the molecule is Cc1cccc(C)c1N(Cc1ccccc1)C(=O)CN=C(c1ccccc1)c1ccccc1. The van der Waals surface area contributed by atoms with E-state index in [0.29, 0.717) is 6.54 Å². The number of carbonyl (C=O) groups excluding carboxylic acids is 1. The highest BCUT2D eigenvalue weighted by Crippen LogP contribution is 2.26. The van der Waals surface area contributed by atoms with E-state index >= 15 is 0 Å². The van der Waals surface area contributed by atoms with Crippen LogP contribution >= 0.6 is 0 Å². The van der Waals surface area contributed by atoms with Crippen molar-refractivity contribution in [3.05, 3.63) is 137 Å². The van der Waals surface area contributed by atoms with Crippen LogP contribution in [0.25, 0.3) is 0 Å². The van der Waals surface area contributed by atoms with E-state index in [1.165, 1.54) is 0 Å². The van der Waals surface area contributed by atoms with Gasteiger partial charge in [0.1, 0.15) is 6.54 Å². The molecule has 33 heavy (non-hydrogen) atoms. The molecule has 4 rings (SSSR count). The average Bonchev–Trinajstić information content (AvgIpc) is 2.85. The maximum Gasteiger partial charge on any atom is 0.248 e. The standard InChI is InChI=1S/C30H28N2O/c1-23-13-12-14-24(2)30(23)32(22-25-15-6-3-7-16-25)28(33)21-31-29(26-17-8-4-9-18-26)27-19-10-5-11-20-27/h3-20H,21-22H2,1-2H3. The fraction of sp³-hybridized carbons (Fsp3) is 0.133. The Morgan fingerprint density at radius 3 is 1.67 bits per heavy atom. The van der Waals surface area contributed by atoms with Crippen molar-refractivity contribution in [3.8, 4) is 0 Å². The number of aliphatic imine (C=N–C) groups is 1. The minimum absolute atomic E-state index is 0.0272. The van der Waals surface area contributed by atoms with Crippen LogP contribution in [0.3, 0.4) is 0 Å². The van der Waals surface area contributed by atoms with Crippen LogP contribution in [0.15, 0.2) is 114 Å². The molecule has 4 aromatic rings. The Hall–Kier alpha value is -3.98. The summed E-state index contributed by atoms with van der Waals surface area (Å²) in [5, 5.41) is 0. The zero-order chi connectivity index (χ0) is 23.0. The zero-order valence-corrected chi connectivity index (χ0v) is 19.1. The molecule has 1 amide bonds. The third kappa shape index (κ3) is 5.45. The first-order chi connectivity index (χ1) is 16.1. The lowest BCUT2D eigenvalue weighted by Gasteiger charge is -2.26. The number of amides is 1. The van der Waals surface area contributed by atoms with Crippen LogP contribution in [-0.4, -0.2) is 18.2 Å². The van der Waals surface area contributed by atoms with Gasteiger partial charge in [-0.05, 0) is 30.5 Å². The predicted octanol–water partition coefficient (Wildman–Crippen LogP) is 6.37. The van der Waals surface area contributed by atoms with Crippen LogP contribution in [0, 0.1) is 13.8 Å². The summed E-state index contributed by atoms with van der Waals surface area (Å²) in [6, 6.07) is 36.3. The summed E-state index contributed by atoms with van der Waals surface area (Å²) in [6.07, 6.45) is 0.